The van der Waals surface area contributed by atoms with Crippen molar-refractivity contribution in [2.75, 3.05) is 25.5 Å². The number of hydrogen-bond acceptors (Lipinski definition) is 4. The van der Waals surface area contributed by atoms with E-state index in [2.05, 4.69) is 28.1 Å². The number of para-hydroxylation sites is 1. The summed E-state index contributed by atoms with van der Waals surface area (Å²) in [5, 5.41) is 8.66. The van der Waals surface area contributed by atoms with Crippen LogP contribution in [0.3, 0.4) is 0 Å². The van der Waals surface area contributed by atoms with Crippen LogP contribution < -0.4 is 16.0 Å². The molecule has 0 aliphatic rings. The first-order valence-electron chi connectivity index (χ1n) is 11.1. The van der Waals surface area contributed by atoms with E-state index in [4.69, 9.17) is 0 Å². The van der Waals surface area contributed by atoms with Crippen LogP contribution in [0.15, 0.2) is 78.9 Å². The molecule has 5 nitrogen and oxygen atoms in total. The van der Waals surface area contributed by atoms with Crippen molar-refractivity contribution in [2.24, 2.45) is 0 Å². The molecule has 6 heteroatoms. The Bertz CT molecular complexity index is 961. The van der Waals surface area contributed by atoms with Gasteiger partial charge in [-0.25, -0.2) is 4.39 Å². The number of anilines is 1. The first-order valence-corrected chi connectivity index (χ1v) is 11.1. The highest BCUT2D eigenvalue weighted by Gasteiger charge is 2.06. The van der Waals surface area contributed by atoms with Crippen LogP contribution in [-0.2, 0) is 16.0 Å². The molecule has 0 heterocycles. The highest BCUT2D eigenvalue weighted by Crippen LogP contribution is 2.20. The number of carbonyl (C=O) groups excluding carboxylic acids is 2. The quantitative estimate of drug-likeness (QED) is 0.400. The Kier molecular flexibility index (Phi) is 11.5. The second-order valence-corrected chi connectivity index (χ2v) is 7.49. The summed E-state index contributed by atoms with van der Waals surface area (Å²) in [4.78, 5) is 21.9. The molecule has 0 saturated heterocycles. The molecule has 1 atom stereocenters. The van der Waals surface area contributed by atoms with E-state index in [9.17, 15) is 14.0 Å². The summed E-state index contributed by atoms with van der Waals surface area (Å²) in [7, 11) is 1.74. The molecule has 0 aliphatic carbocycles. The fraction of sp³-hybridized carbons (Fsp3) is 0.259. The van der Waals surface area contributed by atoms with E-state index in [0.717, 1.165) is 42.5 Å². The molecule has 0 spiro atoms. The van der Waals surface area contributed by atoms with Crippen molar-refractivity contribution >= 4 is 17.9 Å². The van der Waals surface area contributed by atoms with Gasteiger partial charge in [0.25, 0.3) is 0 Å². The zero-order valence-electron chi connectivity index (χ0n) is 19.2. The first-order chi connectivity index (χ1) is 16.0. The number of carbonyl (C=O) groups is 2. The highest BCUT2D eigenvalue weighted by atomic mass is 19.1. The molecule has 0 fully saturated rings. The molecular formula is C27H32FN3O2. The molecule has 0 aliphatic heterocycles. The maximum atomic E-state index is 12.9. The van der Waals surface area contributed by atoms with Crippen LogP contribution in [0.1, 0.15) is 18.9 Å². The van der Waals surface area contributed by atoms with Crippen LogP contribution in [0.4, 0.5) is 10.1 Å². The van der Waals surface area contributed by atoms with Gasteiger partial charge in [0.15, 0.2) is 0 Å². The number of likely N-dealkylation sites (N-methyl/N-ethyl adjacent to an activating group) is 2. The Morgan fingerprint density at radius 3 is 2.09 bits per heavy atom. The van der Waals surface area contributed by atoms with E-state index in [1.54, 1.807) is 19.2 Å². The zero-order chi connectivity index (χ0) is 23.9. The van der Waals surface area contributed by atoms with E-state index in [1.165, 1.54) is 17.7 Å². The standard InChI is InChI=1S/C18H20FNO.C9H12N2O/c1-2-20-18(13-21)12-5-14-3-6-15(7-4-14)16-8-10-17(19)11-9-16;1-10-7-9(12)11-8-5-3-2-4-6-8/h3-4,6-11,13,18,20H,2,5,12H2,1H3;2-6,10H,7H2,1H3,(H,11,12)/t18-;/m0./s1. The number of aldehydes is 1. The summed E-state index contributed by atoms with van der Waals surface area (Å²) in [6.07, 6.45) is 2.63. The summed E-state index contributed by atoms with van der Waals surface area (Å²) < 4.78 is 12.9. The van der Waals surface area contributed by atoms with Crippen molar-refractivity contribution in [2.45, 2.75) is 25.8 Å². The van der Waals surface area contributed by atoms with Crippen LogP contribution in [0.25, 0.3) is 11.1 Å². The largest absolute Gasteiger partial charge is 0.325 e. The molecule has 0 saturated carbocycles. The van der Waals surface area contributed by atoms with E-state index in [1.807, 2.05) is 49.4 Å². The van der Waals surface area contributed by atoms with E-state index in [-0.39, 0.29) is 17.8 Å². The highest BCUT2D eigenvalue weighted by molar-refractivity contribution is 5.92. The average Bonchev–Trinajstić information content (AvgIpc) is 2.84. The van der Waals surface area contributed by atoms with Crippen molar-refractivity contribution in [3.8, 4) is 11.1 Å². The third-order valence-electron chi connectivity index (χ3n) is 4.90. The Morgan fingerprint density at radius 2 is 1.55 bits per heavy atom. The van der Waals surface area contributed by atoms with Gasteiger partial charge in [-0.05, 0) is 67.4 Å². The smallest absolute Gasteiger partial charge is 0.238 e. The number of amides is 1. The SMILES string of the molecule is CCN[C@H](C=O)CCc1ccc(-c2ccc(F)cc2)cc1.CNCC(=O)Nc1ccccc1. The van der Waals surface area contributed by atoms with Crippen molar-refractivity contribution < 1.29 is 14.0 Å². The van der Waals surface area contributed by atoms with Gasteiger partial charge in [0, 0.05) is 5.69 Å². The molecule has 0 radical (unpaired) electrons. The maximum absolute atomic E-state index is 12.9. The van der Waals surface area contributed by atoms with Crippen LogP contribution in [0, 0.1) is 5.82 Å². The van der Waals surface area contributed by atoms with E-state index < -0.39 is 0 Å². The Hall–Kier alpha value is -3.35. The van der Waals surface area contributed by atoms with Gasteiger partial charge in [-0.2, -0.15) is 0 Å². The molecular weight excluding hydrogens is 417 g/mol. The Labute approximate surface area is 195 Å². The van der Waals surface area contributed by atoms with Gasteiger partial charge >= 0.3 is 0 Å². The minimum absolute atomic E-state index is 0.0244. The van der Waals surface area contributed by atoms with E-state index in [0.29, 0.717) is 6.54 Å². The fourth-order valence-electron chi connectivity index (χ4n) is 3.20. The minimum Gasteiger partial charge on any atom is -0.325 e. The summed E-state index contributed by atoms with van der Waals surface area (Å²) in [5.41, 5.74) is 4.10. The van der Waals surface area contributed by atoms with Crippen LogP contribution >= 0.6 is 0 Å². The third kappa shape index (κ3) is 9.76. The minimum atomic E-state index is -0.223. The maximum Gasteiger partial charge on any atom is 0.238 e. The van der Waals surface area contributed by atoms with Crippen molar-refractivity contribution in [1.29, 1.82) is 0 Å². The van der Waals surface area contributed by atoms with Crippen LogP contribution in [0.5, 0.6) is 0 Å². The zero-order valence-corrected chi connectivity index (χ0v) is 19.2. The normalized spacial score (nSPS) is 11.1. The molecule has 3 N–H and O–H groups in total. The van der Waals surface area contributed by atoms with Gasteiger partial charge in [-0.1, -0.05) is 61.5 Å². The second kappa shape index (κ2) is 14.7. The van der Waals surface area contributed by atoms with Crippen molar-refractivity contribution in [1.82, 2.24) is 10.6 Å². The van der Waals surface area contributed by atoms with Gasteiger partial charge in [-0.15, -0.1) is 0 Å². The number of aryl methyl sites for hydroxylation is 1. The molecule has 174 valence electrons. The lowest BCUT2D eigenvalue weighted by molar-refractivity contribution is -0.115. The lowest BCUT2D eigenvalue weighted by Gasteiger charge is -2.11. The predicted octanol–water partition coefficient (Wildman–Crippen LogP) is 4.45. The summed E-state index contributed by atoms with van der Waals surface area (Å²) >= 11 is 0. The fourth-order valence-corrected chi connectivity index (χ4v) is 3.20. The topological polar surface area (TPSA) is 70.2 Å². The lowest BCUT2D eigenvalue weighted by Crippen LogP contribution is -2.30. The molecule has 0 aromatic heterocycles. The van der Waals surface area contributed by atoms with Gasteiger partial charge in [0.05, 0.1) is 12.6 Å². The molecule has 0 unspecified atom stereocenters. The monoisotopic (exact) mass is 449 g/mol. The molecule has 0 bridgehead atoms. The number of hydrogen-bond donors (Lipinski definition) is 3. The molecule has 3 aromatic carbocycles. The van der Waals surface area contributed by atoms with Crippen LogP contribution in [0.2, 0.25) is 0 Å². The number of nitrogens with one attached hydrogen (secondary N) is 3. The third-order valence-corrected chi connectivity index (χ3v) is 4.90. The van der Waals surface area contributed by atoms with Gasteiger partial charge in [0.1, 0.15) is 12.1 Å². The molecule has 3 rings (SSSR count). The van der Waals surface area contributed by atoms with Gasteiger partial charge in [0.2, 0.25) is 5.91 Å². The second-order valence-electron chi connectivity index (χ2n) is 7.49. The molecule has 33 heavy (non-hydrogen) atoms. The number of rotatable bonds is 10. The average molecular weight is 450 g/mol. The summed E-state index contributed by atoms with van der Waals surface area (Å²) in [6, 6.07) is 24.0. The van der Waals surface area contributed by atoms with Gasteiger partial charge in [-0.3, -0.25) is 4.79 Å². The van der Waals surface area contributed by atoms with Crippen molar-refractivity contribution in [3.05, 3.63) is 90.2 Å². The Morgan fingerprint density at radius 1 is 0.939 bits per heavy atom. The molecule has 1 amide bonds. The van der Waals surface area contributed by atoms with E-state index >= 15 is 0 Å². The van der Waals surface area contributed by atoms with Gasteiger partial charge < -0.3 is 20.7 Å². The number of benzene rings is 3. The molecule has 3 aromatic rings. The summed E-state index contributed by atoms with van der Waals surface area (Å²) in [6.45, 7) is 3.13. The predicted molar refractivity (Wildman–Crippen MR) is 133 cm³/mol. The first kappa shape index (κ1) is 25.9. The summed E-state index contributed by atoms with van der Waals surface area (Å²) in [5.74, 6) is -0.248. The Balaban J connectivity index is 0.000000273. The number of halogens is 1. The van der Waals surface area contributed by atoms with Crippen molar-refractivity contribution in [3.63, 3.8) is 0 Å². The van der Waals surface area contributed by atoms with Crippen LogP contribution in [-0.4, -0.2) is 38.4 Å². The lowest BCUT2D eigenvalue weighted by atomic mass is 10.0.